The predicted molar refractivity (Wildman–Crippen MR) is 121 cm³/mol. The van der Waals surface area contributed by atoms with Crippen molar-refractivity contribution in [1.29, 1.82) is 0 Å². The van der Waals surface area contributed by atoms with Crippen LogP contribution in [0.4, 0.5) is 0 Å². The minimum absolute atomic E-state index is 0.0439. The second-order valence-corrected chi connectivity index (χ2v) is 9.76. The number of nitrogens with zero attached hydrogens (tertiary/aromatic N) is 2. The average molecular weight is 431 g/mol. The van der Waals surface area contributed by atoms with Crippen LogP contribution < -0.4 is 5.56 Å². The molecule has 0 radical (unpaired) electrons. The fraction of sp³-hybridized carbons (Fsp3) is 0.409. The van der Waals surface area contributed by atoms with Crippen LogP contribution in [-0.4, -0.2) is 34.3 Å². The minimum atomic E-state index is -0.365. The monoisotopic (exact) mass is 430 g/mol. The molecule has 0 amide bonds. The van der Waals surface area contributed by atoms with E-state index in [9.17, 15) is 9.59 Å². The molecule has 0 saturated heterocycles. The number of ketones is 1. The maximum absolute atomic E-state index is 13.2. The Morgan fingerprint density at radius 3 is 2.69 bits per heavy atom. The first-order valence-electron chi connectivity index (χ1n) is 9.52. The van der Waals surface area contributed by atoms with E-state index in [0.29, 0.717) is 23.7 Å². The second kappa shape index (κ2) is 8.81. The van der Waals surface area contributed by atoms with Gasteiger partial charge in [-0.1, -0.05) is 29.5 Å². The van der Waals surface area contributed by atoms with Gasteiger partial charge in [-0.15, -0.1) is 11.3 Å². The van der Waals surface area contributed by atoms with Crippen LogP contribution in [0.1, 0.15) is 38.8 Å². The fourth-order valence-corrected chi connectivity index (χ4v) is 5.28. The van der Waals surface area contributed by atoms with Gasteiger partial charge < -0.3 is 4.74 Å². The average Bonchev–Trinajstić information content (AvgIpc) is 2.96. The van der Waals surface area contributed by atoms with Crippen molar-refractivity contribution < 1.29 is 9.53 Å². The molecule has 29 heavy (non-hydrogen) atoms. The summed E-state index contributed by atoms with van der Waals surface area (Å²) in [7, 11) is 1.61. The van der Waals surface area contributed by atoms with Gasteiger partial charge in [0, 0.05) is 17.6 Å². The molecule has 3 aromatic rings. The summed E-state index contributed by atoms with van der Waals surface area (Å²) in [6.45, 7) is 10.6. The molecule has 0 unspecified atom stereocenters. The summed E-state index contributed by atoms with van der Waals surface area (Å²) in [5.41, 5.74) is 3.64. The SMILES string of the molecule is COCCn1c(S[C@@H](C)C(=O)c2cc(C)ccc2C)nc2sc(C)c(C)c2c1=O. The maximum Gasteiger partial charge on any atom is 0.263 e. The third-order valence-corrected chi connectivity index (χ3v) is 7.27. The van der Waals surface area contributed by atoms with Crippen molar-refractivity contribution in [2.75, 3.05) is 13.7 Å². The third-order valence-electron chi connectivity index (χ3n) is 5.08. The number of hydrogen-bond donors (Lipinski definition) is 0. The van der Waals surface area contributed by atoms with E-state index in [2.05, 4.69) is 0 Å². The molecule has 0 aliphatic carbocycles. The number of benzene rings is 1. The summed E-state index contributed by atoms with van der Waals surface area (Å²) in [4.78, 5) is 32.9. The molecule has 3 rings (SSSR count). The number of Topliss-reactive ketones (excluding diaryl/α,β-unsaturated/α-hetero) is 1. The van der Waals surface area contributed by atoms with Gasteiger partial charge in [0.25, 0.3) is 5.56 Å². The molecular weight excluding hydrogens is 404 g/mol. The lowest BCUT2D eigenvalue weighted by Crippen LogP contribution is -2.26. The van der Waals surface area contributed by atoms with Crippen molar-refractivity contribution in [3.05, 3.63) is 55.7 Å². The van der Waals surface area contributed by atoms with E-state index in [4.69, 9.17) is 9.72 Å². The maximum atomic E-state index is 13.2. The Morgan fingerprint density at radius 2 is 2.00 bits per heavy atom. The van der Waals surface area contributed by atoms with Crippen LogP contribution in [-0.2, 0) is 11.3 Å². The first-order valence-corrected chi connectivity index (χ1v) is 11.2. The van der Waals surface area contributed by atoms with Crippen molar-refractivity contribution in [3.63, 3.8) is 0 Å². The van der Waals surface area contributed by atoms with Gasteiger partial charge in [0.15, 0.2) is 10.9 Å². The highest BCUT2D eigenvalue weighted by atomic mass is 32.2. The summed E-state index contributed by atoms with van der Waals surface area (Å²) in [6, 6.07) is 5.90. The molecule has 154 valence electrons. The first-order chi connectivity index (χ1) is 13.7. The molecule has 2 aromatic heterocycles. The molecule has 0 fully saturated rings. The van der Waals surface area contributed by atoms with E-state index in [1.807, 2.05) is 52.8 Å². The van der Waals surface area contributed by atoms with Gasteiger partial charge >= 0.3 is 0 Å². The largest absolute Gasteiger partial charge is 0.383 e. The van der Waals surface area contributed by atoms with Gasteiger partial charge in [-0.25, -0.2) is 4.98 Å². The highest BCUT2D eigenvalue weighted by molar-refractivity contribution is 8.00. The molecular formula is C22H26N2O3S2. The highest BCUT2D eigenvalue weighted by Gasteiger charge is 2.23. The predicted octanol–water partition coefficient (Wildman–Crippen LogP) is 4.70. The van der Waals surface area contributed by atoms with Crippen molar-refractivity contribution in [3.8, 4) is 0 Å². The molecule has 0 aliphatic rings. The van der Waals surface area contributed by atoms with E-state index in [0.717, 1.165) is 32.0 Å². The standard InChI is InChI=1S/C22H26N2O3S2/c1-12-7-8-13(2)17(11-12)19(25)16(5)29-22-23-20-18(14(3)15(4)28-20)21(26)24(22)9-10-27-6/h7-8,11,16H,9-10H2,1-6H3/t16-/m0/s1. The molecule has 1 aromatic carbocycles. The number of thioether (sulfide) groups is 1. The zero-order valence-electron chi connectivity index (χ0n) is 17.7. The quantitative estimate of drug-likeness (QED) is 0.309. The van der Waals surface area contributed by atoms with Crippen molar-refractivity contribution in [1.82, 2.24) is 9.55 Å². The molecule has 7 heteroatoms. The van der Waals surface area contributed by atoms with Gasteiger partial charge in [-0.3, -0.25) is 14.2 Å². The van der Waals surface area contributed by atoms with E-state index in [-0.39, 0.29) is 16.6 Å². The molecule has 0 spiro atoms. The Labute approximate surface area is 179 Å². The number of fused-ring (bicyclic) bond motifs is 1. The Bertz CT molecular complexity index is 1130. The van der Waals surface area contributed by atoms with Crippen LogP contribution >= 0.6 is 23.1 Å². The van der Waals surface area contributed by atoms with Crippen LogP contribution in [0.2, 0.25) is 0 Å². The lowest BCUT2D eigenvalue weighted by Gasteiger charge is -2.16. The second-order valence-electron chi connectivity index (χ2n) is 7.25. The van der Waals surface area contributed by atoms with Gasteiger partial charge in [0.05, 0.1) is 23.8 Å². The number of rotatable bonds is 7. The number of carbonyl (C=O) groups is 1. The molecule has 0 bridgehead atoms. The van der Waals surface area contributed by atoms with Crippen LogP contribution in [0.5, 0.6) is 0 Å². The zero-order valence-corrected chi connectivity index (χ0v) is 19.3. The third kappa shape index (κ3) is 4.32. The number of ether oxygens (including phenoxy) is 1. The lowest BCUT2D eigenvalue weighted by molar-refractivity contribution is 0.0993. The van der Waals surface area contributed by atoms with E-state index >= 15 is 0 Å². The van der Waals surface area contributed by atoms with E-state index in [1.165, 1.54) is 23.1 Å². The van der Waals surface area contributed by atoms with E-state index in [1.54, 1.807) is 11.7 Å². The number of carbonyl (C=O) groups excluding carboxylic acids is 1. The molecule has 0 aliphatic heterocycles. The Kier molecular flexibility index (Phi) is 6.61. The first kappa shape index (κ1) is 21.7. The smallest absolute Gasteiger partial charge is 0.263 e. The van der Waals surface area contributed by atoms with Crippen LogP contribution in [0, 0.1) is 27.7 Å². The van der Waals surface area contributed by atoms with Crippen LogP contribution in [0.15, 0.2) is 28.2 Å². The minimum Gasteiger partial charge on any atom is -0.383 e. The summed E-state index contributed by atoms with van der Waals surface area (Å²) >= 11 is 2.86. The topological polar surface area (TPSA) is 61.2 Å². The van der Waals surface area contributed by atoms with Gasteiger partial charge in [-0.05, 0) is 51.8 Å². The number of thiophene rings is 1. The number of hydrogen-bond acceptors (Lipinski definition) is 6. The molecule has 0 N–H and O–H groups in total. The number of aryl methyl sites for hydroxylation is 4. The lowest BCUT2D eigenvalue weighted by atomic mass is 10.0. The van der Waals surface area contributed by atoms with Gasteiger partial charge in [0.1, 0.15) is 4.83 Å². The van der Waals surface area contributed by atoms with E-state index < -0.39 is 0 Å². The van der Waals surface area contributed by atoms with Crippen LogP contribution in [0.3, 0.4) is 0 Å². The fourth-order valence-electron chi connectivity index (χ4n) is 3.21. The zero-order chi connectivity index (χ0) is 21.3. The summed E-state index contributed by atoms with van der Waals surface area (Å²) in [6.07, 6.45) is 0. The molecule has 5 nitrogen and oxygen atoms in total. The molecule has 1 atom stereocenters. The Hall–Kier alpha value is -1.96. The van der Waals surface area contributed by atoms with Gasteiger partial charge in [0.2, 0.25) is 0 Å². The highest BCUT2D eigenvalue weighted by Crippen LogP contribution is 2.30. The van der Waals surface area contributed by atoms with Crippen LogP contribution in [0.25, 0.3) is 10.2 Å². The van der Waals surface area contributed by atoms with Crippen molar-refractivity contribution in [2.24, 2.45) is 0 Å². The Balaban J connectivity index is 2.02. The van der Waals surface area contributed by atoms with Crippen molar-refractivity contribution >= 4 is 39.1 Å². The number of methoxy groups -OCH3 is 1. The van der Waals surface area contributed by atoms with Gasteiger partial charge in [-0.2, -0.15) is 0 Å². The normalized spacial score (nSPS) is 12.5. The summed E-state index contributed by atoms with van der Waals surface area (Å²) < 4.78 is 6.83. The molecule has 2 heterocycles. The summed E-state index contributed by atoms with van der Waals surface area (Å²) in [5, 5.41) is 0.865. The molecule has 0 saturated carbocycles. The summed E-state index contributed by atoms with van der Waals surface area (Å²) in [5.74, 6) is 0.0439. The Morgan fingerprint density at radius 1 is 1.28 bits per heavy atom. The number of aromatic nitrogens is 2. The van der Waals surface area contributed by atoms with Crippen molar-refractivity contribution in [2.45, 2.75) is 51.6 Å².